The summed E-state index contributed by atoms with van der Waals surface area (Å²) in [5.74, 6) is 0.532. The topological polar surface area (TPSA) is 83.1 Å². The SMILES string of the molecule is CCCOc1c(Br)cc(C(=O)OCC(=O)Nc2ccc(OCC)cc2)cc1OC. The highest BCUT2D eigenvalue weighted by atomic mass is 79.9. The minimum atomic E-state index is -0.645. The van der Waals surface area contributed by atoms with Gasteiger partial charge in [0.05, 0.1) is 30.4 Å². The highest BCUT2D eigenvalue weighted by Crippen LogP contribution is 2.37. The third-order valence-corrected chi connectivity index (χ3v) is 4.29. The van der Waals surface area contributed by atoms with Crippen LogP contribution < -0.4 is 19.5 Å². The Balaban J connectivity index is 1.95. The first-order valence-electron chi connectivity index (χ1n) is 9.18. The van der Waals surface area contributed by atoms with Crippen LogP contribution in [0.2, 0.25) is 0 Å². The molecule has 0 radical (unpaired) electrons. The second-order valence-corrected chi connectivity index (χ2v) is 6.77. The monoisotopic (exact) mass is 465 g/mol. The van der Waals surface area contributed by atoms with E-state index in [2.05, 4.69) is 21.2 Å². The van der Waals surface area contributed by atoms with E-state index in [9.17, 15) is 9.59 Å². The highest BCUT2D eigenvalue weighted by molar-refractivity contribution is 9.10. The number of methoxy groups -OCH3 is 1. The first-order valence-corrected chi connectivity index (χ1v) is 9.97. The number of anilines is 1. The van der Waals surface area contributed by atoms with Crippen molar-refractivity contribution in [3.05, 3.63) is 46.4 Å². The fourth-order valence-corrected chi connectivity index (χ4v) is 2.95. The molecule has 0 bridgehead atoms. The molecular weight excluding hydrogens is 442 g/mol. The van der Waals surface area contributed by atoms with Gasteiger partial charge in [0.15, 0.2) is 18.1 Å². The van der Waals surface area contributed by atoms with E-state index in [4.69, 9.17) is 18.9 Å². The van der Waals surface area contributed by atoms with Crippen LogP contribution in [0.5, 0.6) is 17.2 Å². The molecule has 29 heavy (non-hydrogen) atoms. The van der Waals surface area contributed by atoms with E-state index in [-0.39, 0.29) is 5.56 Å². The predicted molar refractivity (Wildman–Crippen MR) is 113 cm³/mol. The van der Waals surface area contributed by atoms with Crippen LogP contribution in [0.15, 0.2) is 40.9 Å². The van der Waals surface area contributed by atoms with Crippen molar-refractivity contribution in [1.29, 1.82) is 0 Å². The van der Waals surface area contributed by atoms with Gasteiger partial charge in [0.2, 0.25) is 0 Å². The van der Waals surface area contributed by atoms with Gasteiger partial charge in [-0.3, -0.25) is 4.79 Å². The summed E-state index contributed by atoms with van der Waals surface area (Å²) in [6.45, 7) is 4.55. The lowest BCUT2D eigenvalue weighted by atomic mass is 10.2. The number of esters is 1. The van der Waals surface area contributed by atoms with Gasteiger partial charge in [-0.1, -0.05) is 6.92 Å². The first kappa shape index (κ1) is 22.5. The molecule has 0 spiro atoms. The molecule has 2 aromatic rings. The average molecular weight is 466 g/mol. The highest BCUT2D eigenvalue weighted by Gasteiger charge is 2.17. The Hall–Kier alpha value is -2.74. The van der Waals surface area contributed by atoms with Crippen molar-refractivity contribution in [2.45, 2.75) is 20.3 Å². The zero-order valence-corrected chi connectivity index (χ0v) is 18.2. The predicted octanol–water partition coefficient (Wildman–Crippen LogP) is 4.44. The lowest BCUT2D eigenvalue weighted by Crippen LogP contribution is -2.21. The van der Waals surface area contributed by atoms with Gasteiger partial charge >= 0.3 is 5.97 Å². The number of rotatable bonds is 10. The fraction of sp³-hybridized carbons (Fsp3) is 0.333. The van der Waals surface area contributed by atoms with Crippen molar-refractivity contribution in [3.8, 4) is 17.2 Å². The number of ether oxygens (including phenoxy) is 4. The number of nitrogens with one attached hydrogen (secondary N) is 1. The summed E-state index contributed by atoms with van der Waals surface area (Å²) < 4.78 is 21.9. The molecule has 0 aliphatic heterocycles. The molecule has 0 saturated carbocycles. The maximum atomic E-state index is 12.3. The lowest BCUT2D eigenvalue weighted by Gasteiger charge is -2.13. The van der Waals surface area contributed by atoms with Crippen LogP contribution in [0, 0.1) is 0 Å². The Kier molecular flexibility index (Phi) is 8.79. The van der Waals surface area contributed by atoms with Crippen molar-refractivity contribution < 1.29 is 28.5 Å². The van der Waals surface area contributed by atoms with Gasteiger partial charge < -0.3 is 24.3 Å². The summed E-state index contributed by atoms with van der Waals surface area (Å²) in [6, 6.07) is 10.0. The molecule has 0 aliphatic rings. The summed E-state index contributed by atoms with van der Waals surface area (Å²) in [7, 11) is 1.49. The fourth-order valence-electron chi connectivity index (χ4n) is 2.39. The standard InChI is InChI=1S/C21H24BrNO6/c1-4-10-28-20-17(22)11-14(12-18(20)26-3)21(25)29-13-19(24)23-15-6-8-16(9-7-15)27-5-2/h6-9,11-12H,4-5,10,13H2,1-3H3,(H,23,24). The number of carbonyl (C=O) groups excluding carboxylic acids is 2. The molecule has 156 valence electrons. The minimum Gasteiger partial charge on any atom is -0.494 e. The van der Waals surface area contributed by atoms with Crippen molar-refractivity contribution in [2.24, 2.45) is 0 Å². The van der Waals surface area contributed by atoms with Crippen molar-refractivity contribution in [3.63, 3.8) is 0 Å². The molecule has 2 aromatic carbocycles. The molecule has 0 aliphatic carbocycles. The third-order valence-electron chi connectivity index (χ3n) is 3.70. The van der Waals surface area contributed by atoms with Gasteiger partial charge in [-0.15, -0.1) is 0 Å². The van der Waals surface area contributed by atoms with Gasteiger partial charge in [-0.2, -0.15) is 0 Å². The lowest BCUT2D eigenvalue weighted by molar-refractivity contribution is -0.119. The van der Waals surface area contributed by atoms with E-state index in [0.29, 0.717) is 40.6 Å². The summed E-state index contributed by atoms with van der Waals surface area (Å²) >= 11 is 3.38. The molecular formula is C21H24BrNO6. The smallest absolute Gasteiger partial charge is 0.338 e. The van der Waals surface area contributed by atoms with Crippen molar-refractivity contribution in [1.82, 2.24) is 0 Å². The Morgan fingerprint density at radius 1 is 1.07 bits per heavy atom. The summed E-state index contributed by atoms with van der Waals surface area (Å²) in [6.07, 6.45) is 0.836. The van der Waals surface area contributed by atoms with E-state index < -0.39 is 18.5 Å². The van der Waals surface area contributed by atoms with Crippen LogP contribution in [0.1, 0.15) is 30.6 Å². The number of amides is 1. The quantitative estimate of drug-likeness (QED) is 0.522. The zero-order chi connectivity index (χ0) is 21.2. The number of benzene rings is 2. The van der Waals surface area contributed by atoms with Crippen LogP contribution in [-0.4, -0.2) is 38.8 Å². The Bertz CT molecular complexity index is 838. The molecule has 7 nitrogen and oxygen atoms in total. The second-order valence-electron chi connectivity index (χ2n) is 5.92. The van der Waals surface area contributed by atoms with Gasteiger partial charge in [-0.25, -0.2) is 4.79 Å². The molecule has 1 amide bonds. The second kappa shape index (κ2) is 11.3. The largest absolute Gasteiger partial charge is 0.494 e. The normalized spacial score (nSPS) is 10.2. The number of halogens is 1. The van der Waals surface area contributed by atoms with Gasteiger partial charge in [-0.05, 0) is 65.7 Å². The zero-order valence-electron chi connectivity index (χ0n) is 16.6. The van der Waals surface area contributed by atoms with E-state index in [1.807, 2.05) is 13.8 Å². The van der Waals surface area contributed by atoms with Crippen LogP contribution in [0.25, 0.3) is 0 Å². The summed E-state index contributed by atoms with van der Waals surface area (Å²) in [5, 5.41) is 2.66. The Morgan fingerprint density at radius 2 is 1.79 bits per heavy atom. The van der Waals surface area contributed by atoms with E-state index >= 15 is 0 Å². The number of carbonyl (C=O) groups is 2. The number of hydrogen-bond donors (Lipinski definition) is 1. The molecule has 0 fully saturated rings. The molecule has 0 atom stereocenters. The average Bonchev–Trinajstić information content (AvgIpc) is 2.72. The maximum Gasteiger partial charge on any atom is 0.338 e. The van der Waals surface area contributed by atoms with Crippen LogP contribution in [-0.2, 0) is 9.53 Å². The molecule has 0 aromatic heterocycles. The first-order chi connectivity index (χ1) is 14.0. The Morgan fingerprint density at radius 3 is 2.41 bits per heavy atom. The molecule has 0 unspecified atom stereocenters. The van der Waals surface area contributed by atoms with Crippen molar-refractivity contribution >= 4 is 33.5 Å². The van der Waals surface area contributed by atoms with E-state index in [1.54, 1.807) is 30.3 Å². The molecule has 8 heteroatoms. The van der Waals surface area contributed by atoms with Gasteiger partial charge in [0, 0.05) is 5.69 Å². The van der Waals surface area contributed by atoms with Crippen LogP contribution >= 0.6 is 15.9 Å². The molecule has 1 N–H and O–H groups in total. The third kappa shape index (κ3) is 6.67. The number of hydrogen-bond acceptors (Lipinski definition) is 6. The van der Waals surface area contributed by atoms with Crippen molar-refractivity contribution in [2.75, 3.05) is 32.2 Å². The van der Waals surface area contributed by atoms with Crippen LogP contribution in [0.4, 0.5) is 5.69 Å². The molecule has 0 heterocycles. The van der Waals surface area contributed by atoms with Gasteiger partial charge in [0.25, 0.3) is 5.91 Å². The van der Waals surface area contributed by atoms with Gasteiger partial charge in [0.1, 0.15) is 5.75 Å². The minimum absolute atomic E-state index is 0.242. The molecule has 0 saturated heterocycles. The van der Waals surface area contributed by atoms with E-state index in [1.165, 1.54) is 13.2 Å². The van der Waals surface area contributed by atoms with E-state index in [0.717, 1.165) is 6.42 Å². The van der Waals surface area contributed by atoms with Crippen LogP contribution in [0.3, 0.4) is 0 Å². The Labute approximate surface area is 178 Å². The summed E-state index contributed by atoms with van der Waals surface area (Å²) in [5.41, 5.74) is 0.822. The molecule has 2 rings (SSSR count). The summed E-state index contributed by atoms with van der Waals surface area (Å²) in [4.78, 5) is 24.4. The maximum absolute atomic E-state index is 12.3.